The van der Waals surface area contributed by atoms with Crippen molar-refractivity contribution in [2.45, 2.75) is 32.6 Å². The Balaban J connectivity index is 1.62. The van der Waals surface area contributed by atoms with E-state index in [0.717, 1.165) is 36.9 Å². The molecule has 3 rings (SSSR count). The molecule has 0 saturated carbocycles. The van der Waals surface area contributed by atoms with Crippen molar-refractivity contribution in [1.82, 2.24) is 0 Å². The van der Waals surface area contributed by atoms with E-state index in [1.807, 2.05) is 12.3 Å². The molecule has 0 heterocycles. The van der Waals surface area contributed by atoms with Crippen LogP contribution in [-0.2, 0) is 12.8 Å². The number of benzene rings is 3. The first kappa shape index (κ1) is 18.8. The van der Waals surface area contributed by atoms with E-state index in [1.165, 1.54) is 22.3 Å². The SMILES string of the molecule is C=CCCCc1ccc(C=Nc2ccc(-c3ccc(CC)cc3)cc2)cc1. The van der Waals surface area contributed by atoms with E-state index in [2.05, 4.69) is 91.3 Å². The van der Waals surface area contributed by atoms with Crippen molar-refractivity contribution >= 4 is 11.9 Å². The highest BCUT2D eigenvalue weighted by Crippen LogP contribution is 2.23. The van der Waals surface area contributed by atoms with Gasteiger partial charge in [0.05, 0.1) is 5.69 Å². The smallest absolute Gasteiger partial charge is 0.0630 e. The minimum Gasteiger partial charge on any atom is -0.256 e. The molecule has 0 radical (unpaired) electrons. The molecule has 136 valence electrons. The Hall–Kier alpha value is -2.93. The Morgan fingerprint density at radius 2 is 1.37 bits per heavy atom. The fraction of sp³-hybridized carbons (Fsp3) is 0.192. The van der Waals surface area contributed by atoms with Gasteiger partial charge in [0, 0.05) is 6.21 Å². The maximum atomic E-state index is 4.61. The van der Waals surface area contributed by atoms with E-state index < -0.39 is 0 Å². The molecule has 0 N–H and O–H groups in total. The second kappa shape index (κ2) is 9.68. The van der Waals surface area contributed by atoms with Crippen LogP contribution < -0.4 is 0 Å². The molecule has 0 saturated heterocycles. The van der Waals surface area contributed by atoms with Gasteiger partial charge in [-0.15, -0.1) is 6.58 Å². The van der Waals surface area contributed by atoms with E-state index in [9.17, 15) is 0 Å². The highest BCUT2D eigenvalue weighted by Gasteiger charge is 1.98. The van der Waals surface area contributed by atoms with Crippen LogP contribution in [0.5, 0.6) is 0 Å². The molecule has 27 heavy (non-hydrogen) atoms. The molecule has 3 aromatic rings. The Bertz CT molecular complexity index is 869. The van der Waals surface area contributed by atoms with Crippen LogP contribution in [0.2, 0.25) is 0 Å². The summed E-state index contributed by atoms with van der Waals surface area (Å²) in [4.78, 5) is 4.61. The fourth-order valence-electron chi connectivity index (χ4n) is 3.04. The second-order valence-corrected chi connectivity index (χ2v) is 6.78. The summed E-state index contributed by atoms with van der Waals surface area (Å²) >= 11 is 0. The summed E-state index contributed by atoms with van der Waals surface area (Å²) in [7, 11) is 0. The lowest BCUT2D eigenvalue weighted by Gasteiger charge is -2.04. The van der Waals surface area contributed by atoms with Crippen molar-refractivity contribution in [2.24, 2.45) is 4.99 Å². The Morgan fingerprint density at radius 1 is 0.778 bits per heavy atom. The summed E-state index contributed by atoms with van der Waals surface area (Å²) in [5.74, 6) is 0. The molecule has 0 atom stereocenters. The van der Waals surface area contributed by atoms with Crippen LogP contribution in [0, 0.1) is 0 Å². The minimum absolute atomic E-state index is 0.971. The summed E-state index contributed by atoms with van der Waals surface area (Å²) in [5, 5.41) is 0. The van der Waals surface area contributed by atoms with E-state index in [-0.39, 0.29) is 0 Å². The average Bonchev–Trinajstić information content (AvgIpc) is 2.74. The number of nitrogens with zero attached hydrogens (tertiary/aromatic N) is 1. The molecule has 3 aromatic carbocycles. The Morgan fingerprint density at radius 3 is 1.96 bits per heavy atom. The van der Waals surface area contributed by atoms with Crippen LogP contribution in [0.1, 0.15) is 36.5 Å². The van der Waals surface area contributed by atoms with E-state index >= 15 is 0 Å². The quantitative estimate of drug-likeness (QED) is 0.231. The molecule has 0 aromatic heterocycles. The van der Waals surface area contributed by atoms with Crippen LogP contribution in [0.15, 0.2) is 90.4 Å². The van der Waals surface area contributed by atoms with Crippen LogP contribution in [0.4, 0.5) is 5.69 Å². The number of aryl methyl sites for hydroxylation is 2. The van der Waals surface area contributed by atoms with Crippen molar-refractivity contribution < 1.29 is 0 Å². The monoisotopic (exact) mass is 353 g/mol. The second-order valence-electron chi connectivity index (χ2n) is 6.78. The summed E-state index contributed by atoms with van der Waals surface area (Å²) in [5.41, 5.74) is 7.30. The van der Waals surface area contributed by atoms with Crippen molar-refractivity contribution in [3.8, 4) is 11.1 Å². The number of allylic oxidation sites excluding steroid dienone is 1. The molecule has 0 amide bonds. The van der Waals surface area contributed by atoms with Crippen molar-refractivity contribution in [2.75, 3.05) is 0 Å². The van der Waals surface area contributed by atoms with Crippen LogP contribution >= 0.6 is 0 Å². The lowest BCUT2D eigenvalue weighted by Crippen LogP contribution is -1.86. The standard InChI is InChI=1S/C26H27N/c1-3-5-6-7-22-8-10-23(11-9-22)20-27-26-18-16-25(17-19-26)24-14-12-21(4-2)13-15-24/h3,8-20H,1,4-7H2,2H3. The maximum Gasteiger partial charge on any atom is 0.0630 e. The van der Waals surface area contributed by atoms with Gasteiger partial charge in [-0.2, -0.15) is 0 Å². The van der Waals surface area contributed by atoms with Gasteiger partial charge < -0.3 is 0 Å². The molecule has 1 nitrogen and oxygen atoms in total. The first-order chi connectivity index (χ1) is 13.3. The zero-order valence-electron chi connectivity index (χ0n) is 16.1. The summed E-state index contributed by atoms with van der Waals surface area (Å²) in [6.07, 6.45) is 8.31. The van der Waals surface area contributed by atoms with Gasteiger partial charge in [0.2, 0.25) is 0 Å². The van der Waals surface area contributed by atoms with Gasteiger partial charge in [-0.3, -0.25) is 4.99 Å². The van der Waals surface area contributed by atoms with Crippen LogP contribution in [0.3, 0.4) is 0 Å². The van der Waals surface area contributed by atoms with E-state index in [1.54, 1.807) is 0 Å². The molecule has 0 bridgehead atoms. The predicted octanol–water partition coefficient (Wildman–Crippen LogP) is 7.18. The van der Waals surface area contributed by atoms with Gasteiger partial charge in [0.1, 0.15) is 0 Å². The van der Waals surface area contributed by atoms with Crippen molar-refractivity contribution in [3.05, 3.63) is 102 Å². The number of unbranched alkanes of at least 4 members (excludes halogenated alkanes) is 1. The minimum atomic E-state index is 0.971. The van der Waals surface area contributed by atoms with Gasteiger partial charge >= 0.3 is 0 Å². The molecule has 0 spiro atoms. The van der Waals surface area contributed by atoms with E-state index in [0.29, 0.717) is 0 Å². The lowest BCUT2D eigenvalue weighted by atomic mass is 10.0. The molecule has 0 aliphatic carbocycles. The third-order valence-electron chi connectivity index (χ3n) is 4.78. The van der Waals surface area contributed by atoms with Crippen molar-refractivity contribution in [3.63, 3.8) is 0 Å². The lowest BCUT2D eigenvalue weighted by molar-refractivity contribution is 0.844. The number of aliphatic imine (C=N–C) groups is 1. The topological polar surface area (TPSA) is 12.4 Å². The number of hydrogen-bond donors (Lipinski definition) is 0. The number of rotatable bonds is 8. The highest BCUT2D eigenvalue weighted by molar-refractivity contribution is 5.82. The van der Waals surface area contributed by atoms with Gasteiger partial charge in [0.25, 0.3) is 0 Å². The van der Waals surface area contributed by atoms with Crippen molar-refractivity contribution in [1.29, 1.82) is 0 Å². The van der Waals surface area contributed by atoms with Gasteiger partial charge in [-0.1, -0.05) is 73.7 Å². The maximum absolute atomic E-state index is 4.61. The Kier molecular flexibility index (Phi) is 6.76. The molecule has 0 unspecified atom stereocenters. The zero-order valence-corrected chi connectivity index (χ0v) is 16.1. The number of hydrogen-bond acceptors (Lipinski definition) is 1. The van der Waals surface area contributed by atoms with Crippen LogP contribution in [0.25, 0.3) is 11.1 Å². The third kappa shape index (κ3) is 5.52. The first-order valence-electron chi connectivity index (χ1n) is 9.72. The van der Waals surface area contributed by atoms with Gasteiger partial charge in [-0.25, -0.2) is 0 Å². The Labute approximate surface area is 163 Å². The normalized spacial score (nSPS) is 11.0. The predicted molar refractivity (Wildman–Crippen MR) is 118 cm³/mol. The van der Waals surface area contributed by atoms with Gasteiger partial charge in [-0.05, 0) is 65.6 Å². The molecular formula is C26H27N. The summed E-state index contributed by atoms with van der Waals surface area (Å²) in [6, 6.07) is 25.8. The molecule has 0 aliphatic rings. The summed E-state index contributed by atoms with van der Waals surface area (Å²) < 4.78 is 0. The molecule has 1 heteroatoms. The molecule has 0 aliphatic heterocycles. The largest absolute Gasteiger partial charge is 0.256 e. The molecular weight excluding hydrogens is 326 g/mol. The van der Waals surface area contributed by atoms with Crippen LogP contribution in [-0.4, -0.2) is 6.21 Å². The summed E-state index contributed by atoms with van der Waals surface area (Å²) in [6.45, 7) is 5.95. The van der Waals surface area contributed by atoms with E-state index in [4.69, 9.17) is 0 Å². The van der Waals surface area contributed by atoms with Gasteiger partial charge in [0.15, 0.2) is 0 Å². The molecule has 0 fully saturated rings. The average molecular weight is 354 g/mol. The third-order valence-corrected chi connectivity index (χ3v) is 4.78. The zero-order chi connectivity index (χ0) is 18.9. The fourth-order valence-corrected chi connectivity index (χ4v) is 3.04. The first-order valence-corrected chi connectivity index (χ1v) is 9.72. The highest BCUT2D eigenvalue weighted by atomic mass is 14.7.